The lowest BCUT2D eigenvalue weighted by Crippen LogP contribution is -1.84. The zero-order chi connectivity index (χ0) is 23.5. The van der Waals surface area contributed by atoms with Crippen molar-refractivity contribution < 1.29 is 5.11 Å². The van der Waals surface area contributed by atoms with Gasteiger partial charge >= 0.3 is 0 Å². The summed E-state index contributed by atoms with van der Waals surface area (Å²) in [4.78, 5) is 0. The van der Waals surface area contributed by atoms with Gasteiger partial charge in [-0.15, -0.1) is 0 Å². The first-order chi connectivity index (χ1) is 14.7. The molecule has 0 bridgehead atoms. The fourth-order valence-corrected chi connectivity index (χ4v) is 3.44. The van der Waals surface area contributed by atoms with Crippen LogP contribution in [0.3, 0.4) is 0 Å². The van der Waals surface area contributed by atoms with Gasteiger partial charge in [0, 0.05) is 0 Å². The standard InChI is InChI=1S/C30H50O/c1-25(2)13-8-14-26(3)15-9-16-27(4)17-10-18-28(5)19-11-20-29(6)21-12-22-30(7)23-24-31/h13,15,17,19,21,23,31H,8-12,14,16,18,20,22,24H2,1-7H3/b26-15+,27-17+,28-19-,29-21+,30-23+. The minimum absolute atomic E-state index is 0.154. The summed E-state index contributed by atoms with van der Waals surface area (Å²) < 4.78 is 0. The van der Waals surface area contributed by atoms with Crippen molar-refractivity contribution in [1.82, 2.24) is 0 Å². The fourth-order valence-electron chi connectivity index (χ4n) is 3.44. The van der Waals surface area contributed by atoms with Crippen LogP contribution in [0.1, 0.15) is 113 Å². The number of aliphatic hydroxyl groups is 1. The molecule has 1 heteroatoms. The molecule has 0 aliphatic rings. The molecule has 1 N–H and O–H groups in total. The maximum Gasteiger partial charge on any atom is 0.0614 e. The van der Waals surface area contributed by atoms with Gasteiger partial charge < -0.3 is 5.11 Å². The Kier molecular flexibility index (Phi) is 18.1. The zero-order valence-corrected chi connectivity index (χ0v) is 21.7. The quantitative estimate of drug-likeness (QED) is 0.243. The number of allylic oxidation sites excluding steroid dienone is 11. The minimum atomic E-state index is 0.154. The summed E-state index contributed by atoms with van der Waals surface area (Å²) in [6.07, 6.45) is 25.3. The first-order valence-corrected chi connectivity index (χ1v) is 12.3. The smallest absolute Gasteiger partial charge is 0.0614 e. The molecule has 0 amide bonds. The average Bonchev–Trinajstić information content (AvgIpc) is 2.68. The Balaban J connectivity index is 4.09. The molecular weight excluding hydrogens is 376 g/mol. The van der Waals surface area contributed by atoms with Crippen LogP contribution in [0.2, 0.25) is 0 Å². The highest BCUT2D eigenvalue weighted by Gasteiger charge is 1.95. The molecule has 1 nitrogen and oxygen atoms in total. The molecule has 176 valence electrons. The van der Waals surface area contributed by atoms with Crippen LogP contribution in [0.5, 0.6) is 0 Å². The van der Waals surface area contributed by atoms with Crippen LogP contribution < -0.4 is 0 Å². The first kappa shape index (κ1) is 29.4. The van der Waals surface area contributed by atoms with Crippen LogP contribution in [-0.4, -0.2) is 11.7 Å². The van der Waals surface area contributed by atoms with Gasteiger partial charge in [0.25, 0.3) is 0 Å². The maximum absolute atomic E-state index is 8.90. The molecule has 0 saturated heterocycles. The van der Waals surface area contributed by atoms with E-state index in [1.54, 1.807) is 0 Å². The lowest BCUT2D eigenvalue weighted by molar-refractivity contribution is 0.341. The van der Waals surface area contributed by atoms with Crippen LogP contribution >= 0.6 is 0 Å². The second-order valence-corrected chi connectivity index (χ2v) is 9.41. The summed E-state index contributed by atoms with van der Waals surface area (Å²) in [6.45, 7) is 15.6. The highest BCUT2D eigenvalue weighted by molar-refractivity contribution is 5.08. The summed E-state index contributed by atoms with van der Waals surface area (Å²) in [5.74, 6) is 0. The van der Waals surface area contributed by atoms with Crippen LogP contribution in [0.4, 0.5) is 0 Å². The molecule has 0 aliphatic carbocycles. The van der Waals surface area contributed by atoms with Gasteiger partial charge in [-0.1, -0.05) is 69.9 Å². The minimum Gasteiger partial charge on any atom is -0.392 e. The largest absolute Gasteiger partial charge is 0.392 e. The van der Waals surface area contributed by atoms with Crippen molar-refractivity contribution in [2.45, 2.75) is 113 Å². The van der Waals surface area contributed by atoms with E-state index in [1.807, 2.05) is 6.08 Å². The molecule has 0 radical (unpaired) electrons. The molecule has 0 atom stereocenters. The lowest BCUT2D eigenvalue weighted by atomic mass is 10.0. The van der Waals surface area contributed by atoms with Crippen molar-refractivity contribution in [1.29, 1.82) is 0 Å². The summed E-state index contributed by atoms with van der Waals surface area (Å²) in [5.41, 5.74) is 8.71. The van der Waals surface area contributed by atoms with Gasteiger partial charge in [-0.2, -0.15) is 0 Å². The van der Waals surface area contributed by atoms with Gasteiger partial charge in [0.05, 0.1) is 6.61 Å². The summed E-state index contributed by atoms with van der Waals surface area (Å²) in [5, 5.41) is 8.90. The normalized spacial score (nSPS) is 14.3. The number of aliphatic hydroxyl groups excluding tert-OH is 1. The van der Waals surface area contributed by atoms with E-state index in [-0.39, 0.29) is 6.61 Å². The Hall–Kier alpha value is -1.60. The molecule has 0 aromatic rings. The Morgan fingerprint density at radius 3 is 0.935 bits per heavy atom. The van der Waals surface area contributed by atoms with Crippen LogP contribution in [-0.2, 0) is 0 Å². The highest BCUT2D eigenvalue weighted by Crippen LogP contribution is 2.15. The Bertz CT molecular complexity index is 661. The molecule has 0 fully saturated rings. The van der Waals surface area contributed by atoms with Crippen LogP contribution in [0.15, 0.2) is 69.9 Å². The van der Waals surface area contributed by atoms with E-state index in [9.17, 15) is 0 Å². The Morgan fingerprint density at radius 2 is 0.677 bits per heavy atom. The molecule has 0 heterocycles. The molecule has 0 aromatic heterocycles. The number of rotatable bonds is 16. The molecule has 0 spiro atoms. The van der Waals surface area contributed by atoms with Gasteiger partial charge in [0.1, 0.15) is 0 Å². The molecule has 0 aliphatic heterocycles. The summed E-state index contributed by atoms with van der Waals surface area (Å²) in [7, 11) is 0. The van der Waals surface area contributed by atoms with E-state index in [1.165, 1.54) is 65.5 Å². The van der Waals surface area contributed by atoms with Crippen molar-refractivity contribution in [3.05, 3.63) is 69.9 Å². The molecule has 31 heavy (non-hydrogen) atoms. The summed E-state index contributed by atoms with van der Waals surface area (Å²) >= 11 is 0. The first-order valence-electron chi connectivity index (χ1n) is 12.3. The van der Waals surface area contributed by atoms with Crippen molar-refractivity contribution in [3.63, 3.8) is 0 Å². The van der Waals surface area contributed by atoms with Crippen molar-refractivity contribution in [2.75, 3.05) is 6.61 Å². The van der Waals surface area contributed by atoms with Gasteiger partial charge in [-0.3, -0.25) is 0 Å². The maximum atomic E-state index is 8.90. The van der Waals surface area contributed by atoms with E-state index in [2.05, 4.69) is 78.8 Å². The van der Waals surface area contributed by atoms with Gasteiger partial charge in [-0.05, 0) is 113 Å². The highest BCUT2D eigenvalue weighted by atomic mass is 16.2. The Morgan fingerprint density at radius 1 is 0.419 bits per heavy atom. The third-order valence-electron chi connectivity index (χ3n) is 5.66. The zero-order valence-electron chi connectivity index (χ0n) is 21.7. The topological polar surface area (TPSA) is 20.2 Å². The predicted octanol–water partition coefficient (Wildman–Crippen LogP) is 9.58. The van der Waals surface area contributed by atoms with Gasteiger partial charge in [0.2, 0.25) is 0 Å². The van der Waals surface area contributed by atoms with Gasteiger partial charge in [0.15, 0.2) is 0 Å². The fraction of sp³-hybridized carbons (Fsp3) is 0.600. The average molecular weight is 427 g/mol. The number of hydrogen-bond donors (Lipinski definition) is 1. The van der Waals surface area contributed by atoms with E-state index in [0.29, 0.717) is 0 Å². The van der Waals surface area contributed by atoms with Gasteiger partial charge in [-0.25, -0.2) is 0 Å². The SMILES string of the molecule is CC(C)=CCC/C(C)=C/CC/C(C)=C/CC/C(C)=C\CC/C(C)=C/CC/C(C)=C/CO. The van der Waals surface area contributed by atoms with Crippen molar-refractivity contribution in [3.8, 4) is 0 Å². The second kappa shape index (κ2) is 19.1. The predicted molar refractivity (Wildman–Crippen MR) is 141 cm³/mol. The van der Waals surface area contributed by atoms with E-state index < -0.39 is 0 Å². The van der Waals surface area contributed by atoms with E-state index in [0.717, 1.165) is 32.1 Å². The molecule has 0 rings (SSSR count). The third-order valence-corrected chi connectivity index (χ3v) is 5.66. The second-order valence-electron chi connectivity index (χ2n) is 9.41. The van der Waals surface area contributed by atoms with Crippen molar-refractivity contribution in [2.24, 2.45) is 0 Å². The van der Waals surface area contributed by atoms with E-state index in [4.69, 9.17) is 5.11 Å². The van der Waals surface area contributed by atoms with Crippen molar-refractivity contribution >= 4 is 0 Å². The molecule has 0 unspecified atom stereocenters. The van der Waals surface area contributed by atoms with E-state index >= 15 is 0 Å². The van der Waals surface area contributed by atoms with Crippen LogP contribution in [0.25, 0.3) is 0 Å². The van der Waals surface area contributed by atoms with Crippen LogP contribution in [0, 0.1) is 0 Å². The number of hydrogen-bond acceptors (Lipinski definition) is 1. The molecule has 0 saturated carbocycles. The lowest BCUT2D eigenvalue weighted by Gasteiger charge is -2.03. The molecular formula is C30H50O. The monoisotopic (exact) mass is 426 g/mol. The molecule has 0 aromatic carbocycles. The summed E-state index contributed by atoms with van der Waals surface area (Å²) in [6, 6.07) is 0. The Labute approximate surface area is 194 Å². The third kappa shape index (κ3) is 20.1.